The van der Waals surface area contributed by atoms with Crippen molar-refractivity contribution in [1.82, 2.24) is 19.9 Å². The second-order valence-electron chi connectivity index (χ2n) is 5.04. The van der Waals surface area contributed by atoms with Crippen LogP contribution in [-0.2, 0) is 4.74 Å². The van der Waals surface area contributed by atoms with E-state index in [0.29, 0.717) is 13.2 Å². The van der Waals surface area contributed by atoms with Gasteiger partial charge in [0, 0.05) is 12.4 Å². The standard InChI is InChI=1S/C18H22N4O/c1-3-15(17-11-19-13-21-17)7-5-9-23-10-6-8-16(4-2)18-12-20-14-22-18/h11-16H,3-4,9-10H2,1-2H3,(H,19,21)(H,20,22). The minimum atomic E-state index is 0.153. The van der Waals surface area contributed by atoms with Crippen molar-refractivity contribution in [2.24, 2.45) is 0 Å². The van der Waals surface area contributed by atoms with Crippen LogP contribution in [0.2, 0.25) is 0 Å². The fourth-order valence-corrected chi connectivity index (χ4v) is 2.18. The highest BCUT2D eigenvalue weighted by atomic mass is 16.5. The van der Waals surface area contributed by atoms with Crippen LogP contribution in [-0.4, -0.2) is 33.1 Å². The topological polar surface area (TPSA) is 66.6 Å². The normalized spacial score (nSPS) is 12.6. The van der Waals surface area contributed by atoms with E-state index >= 15 is 0 Å². The third kappa shape index (κ3) is 5.32. The highest BCUT2D eigenvalue weighted by Gasteiger charge is 2.07. The van der Waals surface area contributed by atoms with E-state index in [1.807, 2.05) is 12.4 Å². The van der Waals surface area contributed by atoms with Gasteiger partial charge in [-0.3, -0.25) is 0 Å². The Morgan fingerprint density at radius 3 is 1.74 bits per heavy atom. The van der Waals surface area contributed by atoms with Crippen LogP contribution in [0.3, 0.4) is 0 Å². The van der Waals surface area contributed by atoms with Gasteiger partial charge in [-0.15, -0.1) is 0 Å². The maximum absolute atomic E-state index is 5.45. The molecule has 5 heteroatoms. The quantitative estimate of drug-likeness (QED) is 0.637. The van der Waals surface area contributed by atoms with Crippen molar-refractivity contribution in [2.75, 3.05) is 13.2 Å². The van der Waals surface area contributed by atoms with Crippen molar-refractivity contribution in [2.45, 2.75) is 38.5 Å². The molecule has 0 bridgehead atoms. The summed E-state index contributed by atoms with van der Waals surface area (Å²) in [6.45, 7) is 4.96. The molecule has 120 valence electrons. The summed E-state index contributed by atoms with van der Waals surface area (Å²) in [4.78, 5) is 14.4. The molecule has 0 saturated carbocycles. The molecule has 0 aliphatic rings. The Morgan fingerprint density at radius 2 is 1.39 bits per heavy atom. The zero-order chi connectivity index (χ0) is 16.3. The van der Waals surface area contributed by atoms with E-state index in [9.17, 15) is 0 Å². The number of aromatic amines is 2. The third-order valence-corrected chi connectivity index (χ3v) is 3.47. The molecule has 0 aliphatic heterocycles. The van der Waals surface area contributed by atoms with Crippen LogP contribution in [0.5, 0.6) is 0 Å². The van der Waals surface area contributed by atoms with Gasteiger partial charge in [0.2, 0.25) is 0 Å². The molecule has 2 heterocycles. The van der Waals surface area contributed by atoms with Crippen LogP contribution in [0.4, 0.5) is 0 Å². The molecule has 0 radical (unpaired) electrons. The summed E-state index contributed by atoms with van der Waals surface area (Å²) in [5, 5.41) is 0. The van der Waals surface area contributed by atoms with Crippen LogP contribution in [0, 0.1) is 23.7 Å². The molecule has 0 fully saturated rings. The minimum absolute atomic E-state index is 0.153. The lowest BCUT2D eigenvalue weighted by atomic mass is 10.0. The number of hydrogen-bond donors (Lipinski definition) is 2. The van der Waals surface area contributed by atoms with Gasteiger partial charge in [-0.2, -0.15) is 0 Å². The van der Waals surface area contributed by atoms with Gasteiger partial charge in [0.05, 0.1) is 35.9 Å². The van der Waals surface area contributed by atoms with E-state index in [0.717, 1.165) is 24.2 Å². The van der Waals surface area contributed by atoms with E-state index in [2.05, 4.69) is 57.5 Å². The van der Waals surface area contributed by atoms with E-state index in [-0.39, 0.29) is 11.8 Å². The second-order valence-corrected chi connectivity index (χ2v) is 5.04. The zero-order valence-electron chi connectivity index (χ0n) is 13.6. The van der Waals surface area contributed by atoms with Crippen molar-refractivity contribution in [3.63, 3.8) is 0 Å². The third-order valence-electron chi connectivity index (χ3n) is 3.47. The van der Waals surface area contributed by atoms with Crippen LogP contribution in [0.15, 0.2) is 25.0 Å². The first-order valence-corrected chi connectivity index (χ1v) is 7.87. The maximum atomic E-state index is 5.45. The predicted octanol–water partition coefficient (Wildman–Crippen LogP) is 2.84. The van der Waals surface area contributed by atoms with Gasteiger partial charge in [0.25, 0.3) is 0 Å². The Balaban J connectivity index is 1.74. The largest absolute Gasteiger partial charge is 0.356 e. The lowest BCUT2D eigenvalue weighted by molar-refractivity contribution is 0.204. The van der Waals surface area contributed by atoms with Crippen LogP contribution >= 0.6 is 0 Å². The highest BCUT2D eigenvalue weighted by Crippen LogP contribution is 2.15. The summed E-state index contributed by atoms with van der Waals surface area (Å²) in [6.07, 6.45) is 8.98. The van der Waals surface area contributed by atoms with Gasteiger partial charge in [-0.05, 0) is 12.8 Å². The van der Waals surface area contributed by atoms with Gasteiger partial charge in [-0.1, -0.05) is 37.5 Å². The van der Waals surface area contributed by atoms with E-state index in [1.54, 1.807) is 12.7 Å². The van der Waals surface area contributed by atoms with Crippen LogP contribution < -0.4 is 0 Å². The Bertz CT molecular complexity index is 608. The van der Waals surface area contributed by atoms with Gasteiger partial charge >= 0.3 is 0 Å². The Labute approximate surface area is 137 Å². The molecule has 0 aromatic carbocycles. The molecule has 2 N–H and O–H groups in total. The Hall–Kier alpha value is -2.50. The zero-order valence-corrected chi connectivity index (χ0v) is 13.6. The van der Waals surface area contributed by atoms with Crippen LogP contribution in [0.1, 0.15) is 49.9 Å². The first-order valence-electron chi connectivity index (χ1n) is 7.87. The molecule has 0 amide bonds. The number of ether oxygens (including phenoxy) is 1. The molecular weight excluding hydrogens is 288 g/mol. The van der Waals surface area contributed by atoms with Gasteiger partial charge in [-0.25, -0.2) is 9.97 Å². The molecule has 2 aromatic rings. The summed E-state index contributed by atoms with van der Waals surface area (Å²) in [5.41, 5.74) is 1.95. The van der Waals surface area contributed by atoms with E-state index in [1.165, 1.54) is 0 Å². The van der Waals surface area contributed by atoms with Gasteiger partial charge < -0.3 is 14.7 Å². The van der Waals surface area contributed by atoms with E-state index in [4.69, 9.17) is 4.74 Å². The minimum Gasteiger partial charge on any atom is -0.356 e. The van der Waals surface area contributed by atoms with Gasteiger partial charge in [0.15, 0.2) is 0 Å². The predicted molar refractivity (Wildman–Crippen MR) is 89.6 cm³/mol. The number of hydrogen-bond acceptors (Lipinski definition) is 3. The molecule has 0 spiro atoms. The molecule has 5 nitrogen and oxygen atoms in total. The van der Waals surface area contributed by atoms with Crippen molar-refractivity contribution >= 4 is 0 Å². The SMILES string of the molecule is CCC(C#CCOCC#CC(CC)c1c[nH]cn1)c1c[nH]cn1. The fraction of sp³-hybridized carbons (Fsp3) is 0.444. The molecule has 2 atom stereocenters. The van der Waals surface area contributed by atoms with Crippen molar-refractivity contribution in [3.05, 3.63) is 36.4 Å². The summed E-state index contributed by atoms with van der Waals surface area (Å²) >= 11 is 0. The molecule has 0 saturated heterocycles. The Kier molecular flexibility index (Phi) is 6.97. The summed E-state index contributed by atoms with van der Waals surface area (Å²) in [5.74, 6) is 12.8. The van der Waals surface area contributed by atoms with Crippen molar-refractivity contribution in [3.8, 4) is 23.7 Å². The summed E-state index contributed by atoms with van der Waals surface area (Å²) in [6, 6.07) is 0. The monoisotopic (exact) mass is 310 g/mol. The molecule has 0 aliphatic carbocycles. The molecule has 2 unspecified atom stereocenters. The van der Waals surface area contributed by atoms with Crippen LogP contribution in [0.25, 0.3) is 0 Å². The lowest BCUT2D eigenvalue weighted by Crippen LogP contribution is -1.97. The number of imidazole rings is 2. The van der Waals surface area contributed by atoms with Gasteiger partial charge in [0.1, 0.15) is 13.2 Å². The maximum Gasteiger partial charge on any atom is 0.109 e. The number of nitrogens with zero attached hydrogens (tertiary/aromatic N) is 2. The molecule has 23 heavy (non-hydrogen) atoms. The van der Waals surface area contributed by atoms with Crippen molar-refractivity contribution in [1.29, 1.82) is 0 Å². The molecular formula is C18H22N4O. The van der Waals surface area contributed by atoms with Crippen molar-refractivity contribution < 1.29 is 4.74 Å². The second kappa shape index (κ2) is 9.50. The van der Waals surface area contributed by atoms with E-state index < -0.39 is 0 Å². The average molecular weight is 310 g/mol. The number of rotatable bonds is 6. The average Bonchev–Trinajstić information content (AvgIpc) is 3.27. The number of H-pyrrole nitrogens is 2. The summed E-state index contributed by atoms with van der Waals surface area (Å²) in [7, 11) is 0. The fourth-order valence-electron chi connectivity index (χ4n) is 2.18. The lowest BCUT2D eigenvalue weighted by Gasteiger charge is -2.02. The first kappa shape index (κ1) is 16.9. The molecule has 2 rings (SSSR count). The Morgan fingerprint density at radius 1 is 0.913 bits per heavy atom. The first-order chi connectivity index (χ1) is 11.3. The number of nitrogens with one attached hydrogen (secondary N) is 2. The smallest absolute Gasteiger partial charge is 0.109 e. The number of aromatic nitrogens is 4. The highest BCUT2D eigenvalue weighted by molar-refractivity contribution is 5.20. The summed E-state index contributed by atoms with van der Waals surface area (Å²) < 4.78 is 5.45. The molecule has 2 aromatic heterocycles.